The molecule has 1 amide bonds. The molecule has 0 radical (unpaired) electrons. The Hall–Kier alpha value is -1.46. The van der Waals surface area contributed by atoms with Gasteiger partial charge in [-0.2, -0.15) is 0 Å². The highest BCUT2D eigenvalue weighted by Crippen LogP contribution is 2.36. The number of nitrogens with one attached hydrogen (secondary N) is 1. The third kappa shape index (κ3) is 5.01. The Labute approximate surface area is 142 Å². The Kier molecular flexibility index (Phi) is 6.99. The zero-order valence-corrected chi connectivity index (χ0v) is 14.4. The molecular formula is C17H24ClNO4. The molecule has 0 aliphatic carbocycles. The van der Waals surface area contributed by atoms with E-state index in [1.165, 1.54) is 0 Å². The van der Waals surface area contributed by atoms with Crippen molar-refractivity contribution in [3.63, 3.8) is 0 Å². The maximum atomic E-state index is 12.3. The van der Waals surface area contributed by atoms with Crippen LogP contribution in [0, 0.1) is 0 Å². The Morgan fingerprint density at radius 1 is 1.39 bits per heavy atom. The SMILES string of the molecule is CCCOc1c(Cl)cc(C(=O)NC[C@H]2CCCO2)cc1OCC. The minimum absolute atomic E-state index is 0.105. The van der Waals surface area contributed by atoms with Crippen LogP contribution in [0.25, 0.3) is 0 Å². The number of hydrogen-bond acceptors (Lipinski definition) is 4. The summed E-state index contributed by atoms with van der Waals surface area (Å²) >= 11 is 6.27. The van der Waals surface area contributed by atoms with Gasteiger partial charge < -0.3 is 19.5 Å². The van der Waals surface area contributed by atoms with E-state index in [1.54, 1.807) is 12.1 Å². The molecule has 0 aromatic heterocycles. The molecular weight excluding hydrogens is 318 g/mol. The van der Waals surface area contributed by atoms with Gasteiger partial charge in [-0.1, -0.05) is 18.5 Å². The molecule has 128 valence electrons. The van der Waals surface area contributed by atoms with E-state index in [9.17, 15) is 4.79 Å². The molecule has 1 fully saturated rings. The largest absolute Gasteiger partial charge is 0.490 e. The van der Waals surface area contributed by atoms with Crippen molar-refractivity contribution >= 4 is 17.5 Å². The third-order valence-electron chi connectivity index (χ3n) is 3.54. The summed E-state index contributed by atoms with van der Waals surface area (Å²) in [4.78, 5) is 12.3. The zero-order valence-electron chi connectivity index (χ0n) is 13.7. The molecule has 1 aromatic carbocycles. The molecule has 1 saturated heterocycles. The summed E-state index contributed by atoms with van der Waals surface area (Å²) in [5.41, 5.74) is 0.459. The van der Waals surface area contributed by atoms with Crippen LogP contribution in [-0.2, 0) is 4.74 Å². The Balaban J connectivity index is 2.09. The van der Waals surface area contributed by atoms with Gasteiger partial charge in [0.05, 0.1) is 24.3 Å². The van der Waals surface area contributed by atoms with Crippen LogP contribution in [0.5, 0.6) is 11.5 Å². The highest BCUT2D eigenvalue weighted by atomic mass is 35.5. The first-order chi connectivity index (χ1) is 11.2. The average molecular weight is 342 g/mol. The minimum Gasteiger partial charge on any atom is -0.490 e. The number of ether oxygens (including phenoxy) is 3. The lowest BCUT2D eigenvalue weighted by Gasteiger charge is -2.15. The van der Waals surface area contributed by atoms with Crippen molar-refractivity contribution in [2.45, 2.75) is 39.2 Å². The number of carbonyl (C=O) groups is 1. The van der Waals surface area contributed by atoms with Crippen molar-refractivity contribution in [3.05, 3.63) is 22.7 Å². The van der Waals surface area contributed by atoms with E-state index in [-0.39, 0.29) is 12.0 Å². The van der Waals surface area contributed by atoms with E-state index < -0.39 is 0 Å². The van der Waals surface area contributed by atoms with E-state index in [2.05, 4.69) is 5.32 Å². The van der Waals surface area contributed by atoms with Gasteiger partial charge in [0, 0.05) is 18.7 Å². The van der Waals surface area contributed by atoms with Crippen LogP contribution in [0.3, 0.4) is 0 Å². The first kappa shape index (κ1) is 17.9. The summed E-state index contributed by atoms with van der Waals surface area (Å²) in [5.74, 6) is 0.798. The van der Waals surface area contributed by atoms with Gasteiger partial charge in [-0.25, -0.2) is 0 Å². The van der Waals surface area contributed by atoms with Crippen molar-refractivity contribution in [2.24, 2.45) is 0 Å². The van der Waals surface area contributed by atoms with Crippen LogP contribution < -0.4 is 14.8 Å². The van der Waals surface area contributed by atoms with Crippen LogP contribution in [0.4, 0.5) is 0 Å². The highest BCUT2D eigenvalue weighted by Gasteiger charge is 2.19. The fourth-order valence-electron chi connectivity index (χ4n) is 2.42. The van der Waals surface area contributed by atoms with E-state index in [0.717, 1.165) is 25.9 Å². The first-order valence-electron chi connectivity index (χ1n) is 8.14. The van der Waals surface area contributed by atoms with Crippen molar-refractivity contribution in [3.8, 4) is 11.5 Å². The summed E-state index contributed by atoms with van der Waals surface area (Å²) in [6.45, 7) is 6.19. The van der Waals surface area contributed by atoms with Gasteiger partial charge >= 0.3 is 0 Å². The van der Waals surface area contributed by atoms with Crippen molar-refractivity contribution in [1.29, 1.82) is 0 Å². The van der Waals surface area contributed by atoms with E-state index >= 15 is 0 Å². The van der Waals surface area contributed by atoms with Crippen LogP contribution in [-0.4, -0.2) is 38.4 Å². The van der Waals surface area contributed by atoms with Gasteiger partial charge in [0.1, 0.15) is 0 Å². The predicted octanol–water partition coefficient (Wildman–Crippen LogP) is 3.44. The quantitative estimate of drug-likeness (QED) is 0.787. The Morgan fingerprint density at radius 2 is 2.22 bits per heavy atom. The van der Waals surface area contributed by atoms with Crippen molar-refractivity contribution in [1.82, 2.24) is 5.32 Å². The van der Waals surface area contributed by atoms with Crippen molar-refractivity contribution in [2.75, 3.05) is 26.4 Å². The molecule has 1 N–H and O–H groups in total. The summed E-state index contributed by atoms with van der Waals surface area (Å²) < 4.78 is 16.7. The second-order valence-electron chi connectivity index (χ2n) is 5.41. The van der Waals surface area contributed by atoms with Crippen LogP contribution in [0.15, 0.2) is 12.1 Å². The Morgan fingerprint density at radius 3 is 2.87 bits per heavy atom. The van der Waals surface area contributed by atoms with Crippen LogP contribution in [0.2, 0.25) is 5.02 Å². The Bertz CT molecular complexity index is 530. The average Bonchev–Trinajstić information content (AvgIpc) is 3.05. The zero-order chi connectivity index (χ0) is 16.7. The molecule has 2 rings (SSSR count). The third-order valence-corrected chi connectivity index (χ3v) is 3.82. The van der Waals surface area contributed by atoms with Gasteiger partial charge in [0.15, 0.2) is 11.5 Å². The van der Waals surface area contributed by atoms with Crippen LogP contribution >= 0.6 is 11.6 Å². The number of amides is 1. The molecule has 0 bridgehead atoms. The molecule has 5 nitrogen and oxygen atoms in total. The molecule has 23 heavy (non-hydrogen) atoms. The first-order valence-corrected chi connectivity index (χ1v) is 8.52. The second-order valence-corrected chi connectivity index (χ2v) is 5.82. The highest BCUT2D eigenvalue weighted by molar-refractivity contribution is 6.32. The second kappa shape index (κ2) is 8.99. The van der Waals surface area contributed by atoms with Gasteiger partial charge in [0.25, 0.3) is 5.91 Å². The lowest BCUT2D eigenvalue weighted by molar-refractivity contribution is 0.0857. The van der Waals surface area contributed by atoms with E-state index in [0.29, 0.717) is 41.8 Å². The lowest BCUT2D eigenvalue weighted by Crippen LogP contribution is -2.31. The molecule has 0 unspecified atom stereocenters. The predicted molar refractivity (Wildman–Crippen MR) is 89.7 cm³/mol. The number of benzene rings is 1. The molecule has 0 saturated carbocycles. The monoisotopic (exact) mass is 341 g/mol. The smallest absolute Gasteiger partial charge is 0.251 e. The maximum absolute atomic E-state index is 12.3. The van der Waals surface area contributed by atoms with Crippen molar-refractivity contribution < 1.29 is 19.0 Å². The summed E-state index contributed by atoms with van der Waals surface area (Å²) in [7, 11) is 0. The van der Waals surface area contributed by atoms with E-state index in [1.807, 2.05) is 13.8 Å². The van der Waals surface area contributed by atoms with Gasteiger partial charge in [0.2, 0.25) is 0 Å². The molecule has 1 heterocycles. The van der Waals surface area contributed by atoms with Gasteiger partial charge in [-0.05, 0) is 38.3 Å². The van der Waals surface area contributed by atoms with E-state index in [4.69, 9.17) is 25.8 Å². The number of carbonyl (C=O) groups excluding carboxylic acids is 1. The summed E-state index contributed by atoms with van der Waals surface area (Å²) in [6, 6.07) is 3.28. The molecule has 0 spiro atoms. The van der Waals surface area contributed by atoms with Gasteiger partial charge in [-0.3, -0.25) is 4.79 Å². The van der Waals surface area contributed by atoms with Gasteiger partial charge in [-0.15, -0.1) is 0 Å². The molecule has 1 aliphatic rings. The maximum Gasteiger partial charge on any atom is 0.251 e. The fourth-order valence-corrected chi connectivity index (χ4v) is 2.69. The minimum atomic E-state index is -0.189. The number of rotatable bonds is 8. The molecule has 1 atom stereocenters. The normalized spacial score (nSPS) is 17.1. The molecule has 1 aromatic rings. The summed E-state index contributed by atoms with van der Waals surface area (Å²) in [6.07, 6.45) is 3.00. The molecule has 1 aliphatic heterocycles. The molecule has 6 heteroatoms. The topological polar surface area (TPSA) is 56.8 Å². The fraction of sp³-hybridized carbons (Fsp3) is 0.588. The number of halogens is 1. The lowest BCUT2D eigenvalue weighted by atomic mass is 10.1. The summed E-state index contributed by atoms with van der Waals surface area (Å²) in [5, 5.41) is 3.26. The standard InChI is InChI=1S/C17H24ClNO4/c1-3-7-23-16-14(18)9-12(10-15(16)21-4-2)17(20)19-11-13-6-5-8-22-13/h9-10,13H,3-8,11H2,1-2H3,(H,19,20)/t13-/m1/s1. The number of hydrogen-bond donors (Lipinski definition) is 1. The van der Waals surface area contributed by atoms with Crippen LogP contribution in [0.1, 0.15) is 43.5 Å².